The molecule has 5 N–H and O–H groups in total. The molecule has 0 spiro atoms. The second kappa shape index (κ2) is 8.93. The van der Waals surface area contributed by atoms with Gasteiger partial charge in [-0.05, 0) is 24.5 Å². The van der Waals surface area contributed by atoms with Gasteiger partial charge in [-0.25, -0.2) is 0 Å². The maximum absolute atomic E-state index is 5.61. The van der Waals surface area contributed by atoms with Crippen LogP contribution in [0, 0.1) is 5.92 Å². The largest absolute Gasteiger partial charge is 0.330 e. The molecule has 1 aliphatic rings. The van der Waals surface area contributed by atoms with Crippen LogP contribution < -0.4 is 16.8 Å². The van der Waals surface area contributed by atoms with Gasteiger partial charge in [-0.15, -0.1) is 0 Å². The van der Waals surface area contributed by atoms with Gasteiger partial charge in [0.05, 0.1) is 0 Å². The molecule has 0 heterocycles. The fourth-order valence-corrected chi connectivity index (χ4v) is 1.62. The van der Waals surface area contributed by atoms with Gasteiger partial charge < -0.3 is 16.8 Å². The Bertz CT molecular complexity index is 313. The van der Waals surface area contributed by atoms with Crippen LogP contribution in [0.2, 0.25) is 0 Å². The van der Waals surface area contributed by atoms with Crippen molar-refractivity contribution in [1.82, 2.24) is 5.32 Å². The van der Waals surface area contributed by atoms with Gasteiger partial charge >= 0.3 is 0 Å². The Balaban J connectivity index is 2.12. The van der Waals surface area contributed by atoms with Crippen molar-refractivity contribution in [3.05, 3.63) is 48.1 Å². The van der Waals surface area contributed by atoms with Crippen molar-refractivity contribution in [2.24, 2.45) is 17.4 Å². The summed E-state index contributed by atoms with van der Waals surface area (Å²) in [7, 11) is 0. The van der Waals surface area contributed by atoms with Gasteiger partial charge in [0.1, 0.15) is 0 Å². The second-order valence-corrected chi connectivity index (χ2v) is 4.09. The highest BCUT2D eigenvalue weighted by atomic mass is 14.8. The Kier molecular flexibility index (Phi) is 7.30. The molecule has 0 aromatic heterocycles. The maximum atomic E-state index is 5.61. The quantitative estimate of drug-likeness (QED) is 0.456. The molecule has 17 heavy (non-hydrogen) atoms. The maximum Gasteiger partial charge on any atom is 0.0205 e. The van der Waals surface area contributed by atoms with Crippen LogP contribution in [-0.2, 0) is 0 Å². The minimum atomic E-state index is 0.528. The zero-order valence-electron chi connectivity index (χ0n) is 10.3. The number of nitrogens with one attached hydrogen (secondary N) is 1. The predicted octanol–water partition coefficient (Wildman–Crippen LogP) is 1.11. The van der Waals surface area contributed by atoms with Crippen molar-refractivity contribution < 1.29 is 0 Å². The van der Waals surface area contributed by atoms with Crippen LogP contribution in [0.5, 0.6) is 0 Å². The molecule has 3 nitrogen and oxygen atoms in total. The Labute approximate surface area is 104 Å². The highest BCUT2D eigenvalue weighted by Gasteiger charge is 2.05. The Hall–Kier alpha value is -1.16. The third-order valence-corrected chi connectivity index (χ3v) is 2.68. The van der Waals surface area contributed by atoms with Gasteiger partial charge in [0.15, 0.2) is 0 Å². The lowest BCUT2D eigenvalue weighted by Gasteiger charge is -2.14. The summed E-state index contributed by atoms with van der Waals surface area (Å²) >= 11 is 0. The molecule has 0 saturated heterocycles. The summed E-state index contributed by atoms with van der Waals surface area (Å²) in [6.45, 7) is 3.13. The van der Waals surface area contributed by atoms with Crippen LogP contribution in [0.25, 0.3) is 0 Å². The van der Waals surface area contributed by atoms with E-state index in [0.717, 1.165) is 26.1 Å². The Morgan fingerprint density at radius 1 is 1.29 bits per heavy atom. The van der Waals surface area contributed by atoms with E-state index in [4.69, 9.17) is 11.5 Å². The highest BCUT2D eigenvalue weighted by Crippen LogP contribution is 2.14. The number of hydrogen-bond donors (Lipinski definition) is 3. The first-order valence-electron chi connectivity index (χ1n) is 6.16. The van der Waals surface area contributed by atoms with E-state index in [1.54, 1.807) is 0 Å². The van der Waals surface area contributed by atoms with Crippen LogP contribution in [0.4, 0.5) is 0 Å². The predicted molar refractivity (Wildman–Crippen MR) is 74.6 cm³/mol. The lowest BCUT2D eigenvalue weighted by atomic mass is 9.97. The average Bonchev–Trinajstić information content (AvgIpc) is 2.38. The molecule has 3 heteroatoms. The van der Waals surface area contributed by atoms with Crippen LogP contribution in [-0.4, -0.2) is 26.2 Å². The fourth-order valence-electron chi connectivity index (χ4n) is 1.62. The van der Waals surface area contributed by atoms with Gasteiger partial charge in [-0.3, -0.25) is 0 Å². The van der Waals surface area contributed by atoms with E-state index >= 15 is 0 Å². The standard InChI is InChI=1S/C14H23N3/c15-9-3-1-2-4-10-17-12-14-7-5-13(11-16)6-8-14/h1-5,7-8,13,17H,6,9-12,15-16H2/b3-1-,4-2+. The molecule has 0 fully saturated rings. The third kappa shape index (κ3) is 6.22. The third-order valence-electron chi connectivity index (χ3n) is 2.68. The zero-order valence-corrected chi connectivity index (χ0v) is 10.3. The Morgan fingerprint density at radius 2 is 2.12 bits per heavy atom. The van der Waals surface area contributed by atoms with E-state index in [0.29, 0.717) is 12.5 Å². The topological polar surface area (TPSA) is 64.1 Å². The molecule has 0 amide bonds. The molecule has 0 aromatic carbocycles. The Morgan fingerprint density at radius 3 is 2.76 bits per heavy atom. The van der Waals surface area contributed by atoms with Crippen molar-refractivity contribution in [2.45, 2.75) is 6.42 Å². The molecule has 94 valence electrons. The van der Waals surface area contributed by atoms with Crippen molar-refractivity contribution >= 4 is 0 Å². The summed E-state index contributed by atoms with van der Waals surface area (Å²) < 4.78 is 0. The first-order chi connectivity index (χ1) is 8.36. The SMILES string of the molecule is NC/C=C\C=C\CNCC1=CCC(CN)C=C1. The van der Waals surface area contributed by atoms with Crippen molar-refractivity contribution in [3.63, 3.8) is 0 Å². The van der Waals surface area contributed by atoms with E-state index < -0.39 is 0 Å². The van der Waals surface area contributed by atoms with Gasteiger partial charge in [0.25, 0.3) is 0 Å². The van der Waals surface area contributed by atoms with E-state index in [2.05, 4.69) is 29.6 Å². The first kappa shape index (κ1) is 13.9. The first-order valence-corrected chi connectivity index (χ1v) is 6.16. The highest BCUT2D eigenvalue weighted by molar-refractivity contribution is 5.25. The number of allylic oxidation sites excluding steroid dienone is 3. The zero-order chi connectivity index (χ0) is 12.3. The van der Waals surface area contributed by atoms with E-state index in [9.17, 15) is 0 Å². The molecule has 1 rings (SSSR count). The normalized spacial score (nSPS) is 20.4. The monoisotopic (exact) mass is 233 g/mol. The summed E-state index contributed by atoms with van der Waals surface area (Å²) in [5.74, 6) is 0.528. The lowest BCUT2D eigenvalue weighted by Crippen LogP contribution is -2.19. The minimum absolute atomic E-state index is 0.528. The molecule has 1 atom stereocenters. The van der Waals surface area contributed by atoms with E-state index in [-0.39, 0.29) is 0 Å². The van der Waals surface area contributed by atoms with Crippen molar-refractivity contribution in [2.75, 3.05) is 26.2 Å². The number of nitrogens with two attached hydrogens (primary N) is 2. The molecular weight excluding hydrogens is 210 g/mol. The molecular formula is C14H23N3. The molecule has 0 saturated carbocycles. The van der Waals surface area contributed by atoms with Crippen LogP contribution in [0.3, 0.4) is 0 Å². The van der Waals surface area contributed by atoms with Crippen LogP contribution >= 0.6 is 0 Å². The van der Waals surface area contributed by atoms with E-state index in [1.165, 1.54) is 5.57 Å². The van der Waals surface area contributed by atoms with Gasteiger partial charge in [0, 0.05) is 19.6 Å². The average molecular weight is 233 g/mol. The number of hydrogen-bond acceptors (Lipinski definition) is 3. The minimum Gasteiger partial charge on any atom is -0.330 e. The van der Waals surface area contributed by atoms with Crippen molar-refractivity contribution in [1.29, 1.82) is 0 Å². The van der Waals surface area contributed by atoms with Crippen LogP contribution in [0.1, 0.15) is 6.42 Å². The molecule has 0 aliphatic heterocycles. The van der Waals surface area contributed by atoms with Gasteiger partial charge in [-0.2, -0.15) is 0 Å². The molecule has 1 unspecified atom stereocenters. The summed E-state index contributed by atoms with van der Waals surface area (Å²) in [6, 6.07) is 0. The second-order valence-electron chi connectivity index (χ2n) is 4.09. The summed E-state index contributed by atoms with van der Waals surface area (Å²) in [6.07, 6.45) is 15.7. The van der Waals surface area contributed by atoms with Crippen LogP contribution in [0.15, 0.2) is 48.1 Å². The molecule has 0 aromatic rings. The van der Waals surface area contributed by atoms with E-state index in [1.807, 2.05) is 18.2 Å². The lowest BCUT2D eigenvalue weighted by molar-refractivity contribution is 0.660. The smallest absolute Gasteiger partial charge is 0.0205 e. The summed E-state index contributed by atoms with van der Waals surface area (Å²) in [5.41, 5.74) is 12.3. The van der Waals surface area contributed by atoms with Gasteiger partial charge in [0.2, 0.25) is 0 Å². The number of rotatable bonds is 7. The fraction of sp³-hybridized carbons (Fsp3) is 0.429. The van der Waals surface area contributed by atoms with Crippen molar-refractivity contribution in [3.8, 4) is 0 Å². The summed E-state index contributed by atoms with van der Waals surface area (Å²) in [5, 5.41) is 3.36. The molecule has 0 radical (unpaired) electrons. The molecule has 0 bridgehead atoms. The van der Waals surface area contributed by atoms with Gasteiger partial charge in [-0.1, -0.05) is 42.5 Å². The molecule has 1 aliphatic carbocycles. The summed E-state index contributed by atoms with van der Waals surface area (Å²) in [4.78, 5) is 0.